The normalized spacial score (nSPS) is 10.4. The van der Waals surface area contributed by atoms with Crippen LogP contribution in [0.15, 0.2) is 53.3 Å². The van der Waals surface area contributed by atoms with Crippen LogP contribution in [0, 0.1) is 25.2 Å². The molecule has 0 saturated carbocycles. The van der Waals surface area contributed by atoms with Crippen molar-refractivity contribution in [3.05, 3.63) is 75.6 Å². The van der Waals surface area contributed by atoms with Crippen LogP contribution in [0.1, 0.15) is 23.6 Å². The summed E-state index contributed by atoms with van der Waals surface area (Å²) in [5.74, 6) is 0.656. The van der Waals surface area contributed by atoms with Crippen molar-refractivity contribution in [2.75, 3.05) is 6.61 Å². The lowest BCUT2D eigenvalue weighted by atomic mass is 9.96. The first-order valence-corrected chi connectivity index (χ1v) is 8.52. The second-order valence-electron chi connectivity index (χ2n) is 6.16. The smallest absolute Gasteiger partial charge is 0.266 e. The molecule has 0 fully saturated rings. The van der Waals surface area contributed by atoms with Gasteiger partial charge in [0.1, 0.15) is 17.4 Å². The molecule has 0 unspecified atom stereocenters. The van der Waals surface area contributed by atoms with Crippen molar-refractivity contribution in [3.63, 3.8) is 0 Å². The van der Waals surface area contributed by atoms with E-state index in [9.17, 15) is 10.1 Å². The molecule has 0 atom stereocenters. The van der Waals surface area contributed by atoms with Crippen LogP contribution in [0.3, 0.4) is 0 Å². The molecule has 0 bridgehead atoms. The van der Waals surface area contributed by atoms with Gasteiger partial charge in [-0.3, -0.25) is 4.79 Å². The number of ether oxygens (including phenoxy) is 1. The Kier molecular flexibility index (Phi) is 4.90. The van der Waals surface area contributed by atoms with E-state index < -0.39 is 5.56 Å². The highest BCUT2D eigenvalue weighted by atomic mass is 16.5. The number of aromatic nitrogens is 1. The fourth-order valence-corrected chi connectivity index (χ4v) is 3.02. The lowest BCUT2D eigenvalue weighted by Crippen LogP contribution is -2.13. The van der Waals surface area contributed by atoms with E-state index in [0.29, 0.717) is 23.6 Å². The fraction of sp³-hybridized carbons (Fsp3) is 0.182. The van der Waals surface area contributed by atoms with Crippen molar-refractivity contribution in [1.82, 2.24) is 4.98 Å². The number of hydrogen-bond donors (Lipinski definition) is 1. The third-order valence-corrected chi connectivity index (χ3v) is 4.31. The van der Waals surface area contributed by atoms with Gasteiger partial charge < -0.3 is 9.72 Å². The molecule has 2 aromatic carbocycles. The molecule has 26 heavy (non-hydrogen) atoms. The van der Waals surface area contributed by atoms with Crippen LogP contribution in [0.25, 0.3) is 22.4 Å². The highest BCUT2D eigenvalue weighted by Gasteiger charge is 2.16. The second-order valence-corrected chi connectivity index (χ2v) is 6.16. The lowest BCUT2D eigenvalue weighted by Gasteiger charge is -2.14. The topological polar surface area (TPSA) is 65.9 Å². The van der Waals surface area contributed by atoms with E-state index in [0.717, 1.165) is 22.3 Å². The van der Waals surface area contributed by atoms with Crippen LogP contribution in [0.4, 0.5) is 0 Å². The minimum Gasteiger partial charge on any atom is -0.493 e. The van der Waals surface area contributed by atoms with Crippen LogP contribution < -0.4 is 10.3 Å². The summed E-state index contributed by atoms with van der Waals surface area (Å²) in [6.45, 7) is 6.42. The molecule has 0 radical (unpaired) electrons. The summed E-state index contributed by atoms with van der Waals surface area (Å²) in [4.78, 5) is 15.4. The average Bonchev–Trinajstić information content (AvgIpc) is 2.64. The van der Waals surface area contributed by atoms with E-state index in [1.807, 2.05) is 75.4 Å². The Bertz CT molecular complexity index is 1060. The van der Waals surface area contributed by atoms with Crippen molar-refractivity contribution in [2.24, 2.45) is 0 Å². The zero-order chi connectivity index (χ0) is 18.7. The van der Waals surface area contributed by atoms with E-state index in [2.05, 4.69) is 4.98 Å². The van der Waals surface area contributed by atoms with Gasteiger partial charge in [-0.25, -0.2) is 0 Å². The van der Waals surface area contributed by atoms with Crippen LogP contribution >= 0.6 is 0 Å². The van der Waals surface area contributed by atoms with E-state index in [4.69, 9.17) is 4.74 Å². The van der Waals surface area contributed by atoms with E-state index in [-0.39, 0.29) is 5.56 Å². The molecule has 1 N–H and O–H groups in total. The molecule has 1 heterocycles. The second kappa shape index (κ2) is 7.28. The zero-order valence-electron chi connectivity index (χ0n) is 15.1. The number of nitrogens with zero attached hydrogens (tertiary/aromatic N) is 1. The number of hydrogen-bond acceptors (Lipinski definition) is 3. The summed E-state index contributed by atoms with van der Waals surface area (Å²) in [6, 6.07) is 17.4. The Labute approximate surface area is 152 Å². The Balaban J connectivity index is 2.30. The van der Waals surface area contributed by atoms with Gasteiger partial charge in [-0.2, -0.15) is 5.26 Å². The van der Waals surface area contributed by atoms with Crippen molar-refractivity contribution in [2.45, 2.75) is 20.8 Å². The average molecular weight is 344 g/mol. The summed E-state index contributed by atoms with van der Waals surface area (Å²) >= 11 is 0. The third-order valence-electron chi connectivity index (χ3n) is 4.31. The van der Waals surface area contributed by atoms with Crippen LogP contribution in [-0.4, -0.2) is 11.6 Å². The SMILES string of the molecule is CCOc1ccccc1-c1cc(-c2cc(C)ccc2C)[nH]c(=O)c1C#N. The number of rotatable bonds is 4. The number of para-hydroxylation sites is 1. The zero-order valence-corrected chi connectivity index (χ0v) is 15.1. The summed E-state index contributed by atoms with van der Waals surface area (Å²) in [6.07, 6.45) is 0. The molecule has 3 rings (SSSR count). The summed E-state index contributed by atoms with van der Waals surface area (Å²) in [5, 5.41) is 9.53. The molecule has 4 nitrogen and oxygen atoms in total. The van der Waals surface area contributed by atoms with Gasteiger partial charge in [-0.1, -0.05) is 35.9 Å². The highest BCUT2D eigenvalue weighted by molar-refractivity contribution is 5.79. The standard InChI is InChI=1S/C22H20N2O2/c1-4-26-21-8-6-5-7-16(21)18-12-20(24-22(25)19(18)13-23)17-11-14(2)9-10-15(17)3/h5-12H,4H2,1-3H3,(H,24,25). The molecule has 1 aromatic heterocycles. The molecule has 4 heteroatoms. The van der Waals surface area contributed by atoms with Crippen LogP contribution in [0.2, 0.25) is 0 Å². The highest BCUT2D eigenvalue weighted by Crippen LogP contribution is 2.33. The summed E-state index contributed by atoms with van der Waals surface area (Å²) < 4.78 is 5.70. The molecule has 0 amide bonds. The van der Waals surface area contributed by atoms with Gasteiger partial charge in [-0.15, -0.1) is 0 Å². The van der Waals surface area contributed by atoms with Gasteiger partial charge in [0, 0.05) is 22.4 Å². The Hall–Kier alpha value is -3.32. The Morgan fingerprint density at radius 2 is 1.81 bits per heavy atom. The first kappa shape index (κ1) is 17.5. The monoisotopic (exact) mass is 344 g/mol. The minimum absolute atomic E-state index is 0.0891. The molecule has 0 aliphatic heterocycles. The number of nitriles is 1. The number of H-pyrrole nitrogens is 1. The van der Waals surface area contributed by atoms with Gasteiger partial charge >= 0.3 is 0 Å². The fourth-order valence-electron chi connectivity index (χ4n) is 3.02. The van der Waals surface area contributed by atoms with Gasteiger partial charge in [0.2, 0.25) is 0 Å². The maximum Gasteiger partial charge on any atom is 0.266 e. The van der Waals surface area contributed by atoms with E-state index in [1.54, 1.807) is 0 Å². The Morgan fingerprint density at radius 1 is 1.04 bits per heavy atom. The summed E-state index contributed by atoms with van der Waals surface area (Å²) in [7, 11) is 0. The number of aromatic amines is 1. The molecular weight excluding hydrogens is 324 g/mol. The van der Waals surface area contributed by atoms with Crippen molar-refractivity contribution in [1.29, 1.82) is 5.26 Å². The van der Waals surface area contributed by atoms with E-state index >= 15 is 0 Å². The molecular formula is C22H20N2O2. The lowest BCUT2D eigenvalue weighted by molar-refractivity contribution is 0.341. The van der Waals surface area contributed by atoms with Crippen LogP contribution in [0.5, 0.6) is 5.75 Å². The number of nitrogens with one attached hydrogen (secondary N) is 1. The number of pyridine rings is 1. The first-order valence-electron chi connectivity index (χ1n) is 8.52. The molecule has 0 aliphatic rings. The summed E-state index contributed by atoms with van der Waals surface area (Å²) in [5.41, 5.74) is 4.81. The van der Waals surface area contributed by atoms with Gasteiger partial charge in [0.15, 0.2) is 0 Å². The largest absolute Gasteiger partial charge is 0.493 e. The molecule has 0 saturated heterocycles. The van der Waals surface area contributed by atoms with Crippen molar-refractivity contribution >= 4 is 0 Å². The maximum atomic E-state index is 12.6. The van der Waals surface area contributed by atoms with Gasteiger partial charge in [0.25, 0.3) is 5.56 Å². The molecule has 0 aliphatic carbocycles. The van der Waals surface area contributed by atoms with Crippen LogP contribution in [-0.2, 0) is 0 Å². The van der Waals surface area contributed by atoms with Gasteiger partial charge in [-0.05, 0) is 44.5 Å². The molecule has 130 valence electrons. The predicted octanol–water partition coefficient (Wildman–Crippen LogP) is 4.60. The van der Waals surface area contributed by atoms with Crippen molar-refractivity contribution < 1.29 is 4.74 Å². The van der Waals surface area contributed by atoms with E-state index in [1.165, 1.54) is 0 Å². The Morgan fingerprint density at radius 3 is 2.54 bits per heavy atom. The third kappa shape index (κ3) is 3.25. The molecule has 0 spiro atoms. The quantitative estimate of drug-likeness (QED) is 0.752. The molecule has 3 aromatic rings. The first-order chi connectivity index (χ1) is 12.5. The predicted molar refractivity (Wildman–Crippen MR) is 103 cm³/mol. The maximum absolute atomic E-state index is 12.6. The van der Waals surface area contributed by atoms with Gasteiger partial charge in [0.05, 0.1) is 6.61 Å². The number of aryl methyl sites for hydroxylation is 2. The minimum atomic E-state index is -0.396. The van der Waals surface area contributed by atoms with Crippen molar-refractivity contribution in [3.8, 4) is 34.2 Å². The number of benzene rings is 2.